The molecule has 1 unspecified atom stereocenters. The second-order valence-electron chi connectivity index (χ2n) is 8.56. The summed E-state index contributed by atoms with van der Waals surface area (Å²) < 4.78 is 29.8. The highest BCUT2D eigenvalue weighted by molar-refractivity contribution is 6.76. The highest BCUT2D eigenvalue weighted by Gasteiger charge is 2.57. The van der Waals surface area contributed by atoms with Gasteiger partial charge in [-0.25, -0.2) is 4.79 Å². The molecule has 0 aliphatic carbocycles. The van der Waals surface area contributed by atoms with Gasteiger partial charge < -0.3 is 28.4 Å². The molecular formula is C21H30Cl3NO10. The molecule has 5 atom stereocenters. The highest BCUT2D eigenvalue weighted by Crippen LogP contribution is 2.34. The molecular weight excluding hydrogens is 533 g/mol. The van der Waals surface area contributed by atoms with Crippen molar-refractivity contribution in [2.75, 3.05) is 7.11 Å². The van der Waals surface area contributed by atoms with Crippen molar-refractivity contribution in [3.63, 3.8) is 0 Å². The van der Waals surface area contributed by atoms with E-state index in [-0.39, 0.29) is 0 Å². The van der Waals surface area contributed by atoms with E-state index in [0.29, 0.717) is 0 Å². The summed E-state index contributed by atoms with van der Waals surface area (Å²) in [6, 6.07) is 0. The molecule has 0 aromatic rings. The first-order valence-electron chi connectivity index (χ1n) is 10.7. The molecule has 0 bridgehead atoms. The van der Waals surface area contributed by atoms with E-state index in [4.69, 9.17) is 68.6 Å². The van der Waals surface area contributed by atoms with Gasteiger partial charge in [-0.15, -0.1) is 0 Å². The summed E-state index contributed by atoms with van der Waals surface area (Å²) in [6.07, 6.45) is -8.35. The van der Waals surface area contributed by atoms with Crippen molar-refractivity contribution in [2.45, 2.75) is 76.0 Å². The van der Waals surface area contributed by atoms with Gasteiger partial charge in [-0.2, -0.15) is 0 Å². The van der Waals surface area contributed by atoms with Crippen LogP contribution in [0.15, 0.2) is 0 Å². The molecule has 14 heteroatoms. The molecule has 1 N–H and O–H groups in total. The monoisotopic (exact) mass is 561 g/mol. The molecule has 11 nitrogen and oxygen atoms in total. The van der Waals surface area contributed by atoms with Crippen LogP contribution in [0.2, 0.25) is 0 Å². The summed E-state index contributed by atoms with van der Waals surface area (Å²) in [5.41, 5.74) is 0. The number of hydrogen-bond donors (Lipinski definition) is 1. The van der Waals surface area contributed by atoms with E-state index < -0.39 is 82.0 Å². The summed E-state index contributed by atoms with van der Waals surface area (Å²) in [5.74, 6) is -6.22. The Morgan fingerprint density at radius 2 is 1.14 bits per heavy atom. The number of ether oxygens (including phenoxy) is 6. The van der Waals surface area contributed by atoms with Gasteiger partial charge in [-0.05, 0) is 0 Å². The van der Waals surface area contributed by atoms with E-state index in [1.54, 1.807) is 13.8 Å². The molecule has 1 heterocycles. The normalized spacial score (nSPS) is 24.7. The second kappa shape index (κ2) is 12.9. The molecule has 0 spiro atoms. The van der Waals surface area contributed by atoms with Crippen LogP contribution in [0, 0.1) is 23.2 Å². The van der Waals surface area contributed by atoms with E-state index in [2.05, 4.69) is 0 Å². The molecule has 0 radical (unpaired) electrons. The molecule has 1 saturated heterocycles. The fourth-order valence-corrected chi connectivity index (χ4v) is 2.73. The maximum absolute atomic E-state index is 12.6. The van der Waals surface area contributed by atoms with Crippen molar-refractivity contribution in [3.8, 4) is 0 Å². The van der Waals surface area contributed by atoms with Gasteiger partial charge in [0.25, 0.3) is 3.79 Å². The molecule has 0 amide bonds. The first-order valence-corrected chi connectivity index (χ1v) is 11.8. The molecule has 200 valence electrons. The number of carbonyl (C=O) groups excluding carboxylic acids is 4. The Morgan fingerprint density at radius 3 is 1.51 bits per heavy atom. The predicted octanol–water partition coefficient (Wildman–Crippen LogP) is 2.95. The molecule has 35 heavy (non-hydrogen) atoms. The van der Waals surface area contributed by atoms with Crippen molar-refractivity contribution in [1.82, 2.24) is 0 Å². The van der Waals surface area contributed by atoms with Crippen LogP contribution in [0.4, 0.5) is 0 Å². The number of rotatable bonds is 8. The Kier molecular flexibility index (Phi) is 11.5. The van der Waals surface area contributed by atoms with Gasteiger partial charge in [-0.3, -0.25) is 19.8 Å². The van der Waals surface area contributed by atoms with Gasteiger partial charge in [0.05, 0.1) is 24.9 Å². The first kappa shape index (κ1) is 31.2. The molecule has 1 rings (SSSR count). The minimum Gasteiger partial charge on any atom is -0.467 e. The van der Waals surface area contributed by atoms with Gasteiger partial charge in [0.15, 0.2) is 18.3 Å². The van der Waals surface area contributed by atoms with Crippen LogP contribution in [-0.2, 0) is 47.6 Å². The zero-order valence-electron chi connectivity index (χ0n) is 20.3. The average molecular weight is 563 g/mol. The number of halogens is 3. The van der Waals surface area contributed by atoms with Crippen molar-refractivity contribution in [2.24, 2.45) is 17.8 Å². The van der Waals surface area contributed by atoms with Crippen LogP contribution in [0.5, 0.6) is 0 Å². The predicted molar refractivity (Wildman–Crippen MR) is 124 cm³/mol. The molecule has 1 fully saturated rings. The fraction of sp³-hybridized carbons (Fsp3) is 0.762. The smallest absolute Gasteiger partial charge is 0.339 e. The minimum atomic E-state index is -2.35. The summed E-state index contributed by atoms with van der Waals surface area (Å²) >= 11 is 17.1. The van der Waals surface area contributed by atoms with Crippen molar-refractivity contribution in [1.29, 1.82) is 5.41 Å². The SMILES string of the molecule is COC(=O)C1O[C@H](OC(=N)C(Cl)(Cl)Cl)[C@@H](OC(=O)C(C)C)[C@@H](OC(=O)C(C)C)[C@@H]1OC(=O)C(C)C. The van der Waals surface area contributed by atoms with Crippen LogP contribution in [0.1, 0.15) is 41.5 Å². The van der Waals surface area contributed by atoms with Gasteiger partial charge in [0.1, 0.15) is 0 Å². The van der Waals surface area contributed by atoms with Crippen LogP contribution in [0.25, 0.3) is 0 Å². The second-order valence-corrected chi connectivity index (χ2v) is 10.8. The molecule has 0 saturated carbocycles. The lowest BCUT2D eigenvalue weighted by molar-refractivity contribution is -0.288. The zero-order valence-corrected chi connectivity index (χ0v) is 22.6. The molecule has 1 aliphatic rings. The lowest BCUT2D eigenvalue weighted by Crippen LogP contribution is -2.64. The third kappa shape index (κ3) is 8.66. The van der Waals surface area contributed by atoms with E-state index in [1.807, 2.05) is 0 Å². The summed E-state index contributed by atoms with van der Waals surface area (Å²) in [5, 5.41) is 7.90. The van der Waals surface area contributed by atoms with E-state index in [9.17, 15) is 19.2 Å². The van der Waals surface area contributed by atoms with Gasteiger partial charge >= 0.3 is 23.9 Å². The molecule has 1 aliphatic heterocycles. The number of hydrogen-bond acceptors (Lipinski definition) is 11. The number of nitrogens with one attached hydrogen (secondary N) is 1. The van der Waals surface area contributed by atoms with E-state index in [1.165, 1.54) is 27.7 Å². The zero-order chi connectivity index (χ0) is 27.2. The third-order valence-corrected chi connectivity index (χ3v) is 5.11. The van der Waals surface area contributed by atoms with Gasteiger partial charge in [-0.1, -0.05) is 76.3 Å². The molecule has 0 aromatic carbocycles. The molecule has 0 aromatic heterocycles. The van der Waals surface area contributed by atoms with E-state index >= 15 is 0 Å². The minimum absolute atomic E-state index is 0.641. The Hall–Kier alpha value is -1.82. The van der Waals surface area contributed by atoms with Crippen molar-refractivity contribution in [3.05, 3.63) is 0 Å². The summed E-state index contributed by atoms with van der Waals surface area (Å²) in [7, 11) is 1.05. The average Bonchev–Trinajstić information content (AvgIpc) is 2.75. The fourth-order valence-electron chi connectivity index (χ4n) is 2.59. The maximum atomic E-state index is 12.6. The Balaban J connectivity index is 3.65. The number of carbonyl (C=O) groups is 4. The lowest BCUT2D eigenvalue weighted by Gasteiger charge is -2.44. The number of alkyl halides is 3. The van der Waals surface area contributed by atoms with Crippen LogP contribution in [-0.4, -0.2) is 71.4 Å². The van der Waals surface area contributed by atoms with Crippen molar-refractivity contribution < 1.29 is 47.6 Å². The van der Waals surface area contributed by atoms with Crippen LogP contribution >= 0.6 is 34.8 Å². The van der Waals surface area contributed by atoms with Gasteiger partial charge in [0.2, 0.25) is 18.3 Å². The standard InChI is InChI=1S/C21H30Cl3NO10/c1-8(2)15(26)31-11-12(32-16(27)9(3)4)14(33-17(28)10(5)6)19(34-13(11)18(29)30-7)35-20(25)21(22,23)24/h8-14,19,25H,1-7H3/t11-,12-,13?,14-,19+/m0/s1. The lowest BCUT2D eigenvalue weighted by atomic mass is 9.97. The Morgan fingerprint density at radius 1 is 0.743 bits per heavy atom. The number of methoxy groups -OCH3 is 1. The Labute approximate surface area is 218 Å². The largest absolute Gasteiger partial charge is 0.467 e. The highest BCUT2D eigenvalue weighted by atomic mass is 35.6. The van der Waals surface area contributed by atoms with Crippen molar-refractivity contribution >= 4 is 64.6 Å². The number of esters is 4. The summed E-state index contributed by atoms with van der Waals surface area (Å²) in [4.78, 5) is 50.1. The van der Waals surface area contributed by atoms with Crippen LogP contribution < -0.4 is 0 Å². The maximum Gasteiger partial charge on any atom is 0.339 e. The van der Waals surface area contributed by atoms with E-state index in [0.717, 1.165) is 7.11 Å². The quantitative estimate of drug-likeness (QED) is 0.154. The topological polar surface area (TPSA) is 148 Å². The Bertz CT molecular complexity index is 812. The summed E-state index contributed by atoms with van der Waals surface area (Å²) in [6.45, 7) is 9.23. The van der Waals surface area contributed by atoms with Gasteiger partial charge in [0, 0.05) is 0 Å². The first-order chi connectivity index (χ1) is 16.0. The van der Waals surface area contributed by atoms with Crippen LogP contribution in [0.3, 0.4) is 0 Å². The third-order valence-electron chi connectivity index (χ3n) is 4.59.